The maximum Gasteiger partial charge on any atom is 0.147 e. The molecule has 4 nitrogen and oxygen atoms in total. The van der Waals surface area contributed by atoms with Crippen LogP contribution in [0, 0.1) is 5.92 Å². The fraction of sp³-hybridized carbons (Fsp3) is 0.636. The van der Waals surface area contributed by atoms with E-state index >= 15 is 0 Å². The van der Waals surface area contributed by atoms with Gasteiger partial charge in [-0.15, -0.1) is 0 Å². The minimum absolute atomic E-state index is 0.399. The molecule has 1 aromatic heterocycles. The van der Waals surface area contributed by atoms with E-state index in [1.54, 1.807) is 12.4 Å². The molecule has 3 N–H and O–H groups in total. The lowest BCUT2D eigenvalue weighted by molar-refractivity contribution is 0.483. The highest BCUT2D eigenvalue weighted by Crippen LogP contribution is 2.13. The molecule has 0 saturated heterocycles. The van der Waals surface area contributed by atoms with Crippen molar-refractivity contribution in [3.63, 3.8) is 0 Å². The molecule has 0 aliphatic heterocycles. The number of nitrogen functional groups attached to an aromatic ring is 1. The standard InChI is InChI=1S/C11H20N4/c1-4-8(2)5-9(3)14-11-7-13-6-10(12)15-11/h6-9H,4-5H2,1-3H3,(H3,12,14,15). The van der Waals surface area contributed by atoms with Crippen molar-refractivity contribution < 1.29 is 0 Å². The van der Waals surface area contributed by atoms with Gasteiger partial charge in [-0.2, -0.15) is 0 Å². The van der Waals surface area contributed by atoms with Gasteiger partial charge in [-0.25, -0.2) is 4.98 Å². The Morgan fingerprint density at radius 1 is 1.40 bits per heavy atom. The molecule has 0 saturated carbocycles. The van der Waals surface area contributed by atoms with Gasteiger partial charge in [0.2, 0.25) is 0 Å². The second-order valence-electron chi connectivity index (χ2n) is 4.12. The average Bonchev–Trinajstić information content (AvgIpc) is 2.17. The van der Waals surface area contributed by atoms with Gasteiger partial charge < -0.3 is 11.1 Å². The van der Waals surface area contributed by atoms with Gasteiger partial charge in [0.25, 0.3) is 0 Å². The third kappa shape index (κ3) is 4.14. The van der Waals surface area contributed by atoms with Crippen molar-refractivity contribution in [3.05, 3.63) is 12.4 Å². The molecule has 1 rings (SSSR count). The molecule has 84 valence electrons. The van der Waals surface area contributed by atoms with Crippen LogP contribution in [0.3, 0.4) is 0 Å². The Bertz CT molecular complexity index is 300. The van der Waals surface area contributed by atoms with Crippen LogP contribution in [0.1, 0.15) is 33.6 Å². The van der Waals surface area contributed by atoms with Crippen molar-refractivity contribution in [1.82, 2.24) is 9.97 Å². The van der Waals surface area contributed by atoms with Gasteiger partial charge in [0.05, 0.1) is 12.4 Å². The first kappa shape index (κ1) is 11.8. The lowest BCUT2D eigenvalue weighted by atomic mass is 10.0. The molecule has 0 fully saturated rings. The Morgan fingerprint density at radius 2 is 2.13 bits per heavy atom. The average molecular weight is 208 g/mol. The fourth-order valence-electron chi connectivity index (χ4n) is 1.53. The van der Waals surface area contributed by atoms with E-state index in [1.807, 2.05) is 0 Å². The second-order valence-corrected chi connectivity index (χ2v) is 4.12. The third-order valence-corrected chi connectivity index (χ3v) is 2.50. The Hall–Kier alpha value is -1.32. The van der Waals surface area contributed by atoms with Gasteiger partial charge >= 0.3 is 0 Å². The van der Waals surface area contributed by atoms with Gasteiger partial charge in [-0.05, 0) is 19.3 Å². The van der Waals surface area contributed by atoms with Crippen LogP contribution in [-0.4, -0.2) is 16.0 Å². The monoisotopic (exact) mass is 208 g/mol. The van der Waals surface area contributed by atoms with Crippen LogP contribution < -0.4 is 11.1 Å². The minimum atomic E-state index is 0.399. The molecule has 2 unspecified atom stereocenters. The third-order valence-electron chi connectivity index (χ3n) is 2.50. The lowest BCUT2D eigenvalue weighted by Gasteiger charge is -2.17. The number of anilines is 2. The van der Waals surface area contributed by atoms with E-state index in [0.717, 1.165) is 18.2 Å². The SMILES string of the molecule is CCC(C)CC(C)Nc1cncc(N)n1. The quantitative estimate of drug-likeness (QED) is 0.779. The summed E-state index contributed by atoms with van der Waals surface area (Å²) in [5.74, 6) is 1.93. The molecule has 0 aromatic carbocycles. The smallest absolute Gasteiger partial charge is 0.147 e. The largest absolute Gasteiger partial charge is 0.382 e. The Labute approximate surface area is 91.3 Å². The summed E-state index contributed by atoms with van der Waals surface area (Å²) in [5, 5.41) is 3.29. The number of nitrogens with zero attached hydrogens (tertiary/aromatic N) is 2. The molecule has 1 aromatic rings. The summed E-state index contributed by atoms with van der Waals surface area (Å²) in [5.41, 5.74) is 5.55. The lowest BCUT2D eigenvalue weighted by Crippen LogP contribution is -2.19. The predicted octanol–water partition coefficient (Wildman–Crippen LogP) is 2.30. The van der Waals surface area contributed by atoms with Crippen LogP contribution in [0.25, 0.3) is 0 Å². The van der Waals surface area contributed by atoms with Crippen LogP contribution in [0.15, 0.2) is 12.4 Å². The van der Waals surface area contributed by atoms with E-state index in [4.69, 9.17) is 5.73 Å². The van der Waals surface area contributed by atoms with Gasteiger partial charge in [-0.3, -0.25) is 4.98 Å². The zero-order valence-electron chi connectivity index (χ0n) is 9.70. The minimum Gasteiger partial charge on any atom is -0.382 e. The summed E-state index contributed by atoms with van der Waals surface area (Å²) in [7, 11) is 0. The first-order chi connectivity index (χ1) is 7.11. The van der Waals surface area contributed by atoms with Gasteiger partial charge in [0.1, 0.15) is 11.6 Å². The summed E-state index contributed by atoms with van der Waals surface area (Å²) >= 11 is 0. The van der Waals surface area contributed by atoms with Crippen molar-refractivity contribution >= 4 is 11.6 Å². The first-order valence-electron chi connectivity index (χ1n) is 5.45. The summed E-state index contributed by atoms with van der Waals surface area (Å²) < 4.78 is 0. The van der Waals surface area contributed by atoms with Crippen LogP contribution in [0.5, 0.6) is 0 Å². The molecule has 15 heavy (non-hydrogen) atoms. The molecule has 0 radical (unpaired) electrons. The topological polar surface area (TPSA) is 63.8 Å². The van der Waals surface area contributed by atoms with Crippen molar-refractivity contribution in [2.75, 3.05) is 11.1 Å². The van der Waals surface area contributed by atoms with Gasteiger partial charge in [0, 0.05) is 6.04 Å². The fourth-order valence-corrected chi connectivity index (χ4v) is 1.53. The number of hydrogen-bond acceptors (Lipinski definition) is 4. The second kappa shape index (κ2) is 5.53. The number of rotatable bonds is 5. The van der Waals surface area contributed by atoms with Gasteiger partial charge in [-0.1, -0.05) is 20.3 Å². The summed E-state index contributed by atoms with van der Waals surface area (Å²) in [4.78, 5) is 8.14. The number of hydrogen-bond donors (Lipinski definition) is 2. The van der Waals surface area contributed by atoms with E-state index in [9.17, 15) is 0 Å². The van der Waals surface area contributed by atoms with Crippen molar-refractivity contribution in [2.45, 2.75) is 39.7 Å². The molecule has 2 atom stereocenters. The zero-order valence-corrected chi connectivity index (χ0v) is 9.70. The Morgan fingerprint density at radius 3 is 2.73 bits per heavy atom. The van der Waals surface area contributed by atoms with Crippen LogP contribution >= 0.6 is 0 Å². The zero-order chi connectivity index (χ0) is 11.3. The highest BCUT2D eigenvalue weighted by Gasteiger charge is 2.07. The van der Waals surface area contributed by atoms with E-state index in [1.165, 1.54) is 6.42 Å². The highest BCUT2D eigenvalue weighted by atomic mass is 15.1. The molecule has 0 bridgehead atoms. The molecule has 0 aliphatic rings. The van der Waals surface area contributed by atoms with E-state index < -0.39 is 0 Å². The Balaban J connectivity index is 2.47. The van der Waals surface area contributed by atoms with E-state index in [-0.39, 0.29) is 0 Å². The van der Waals surface area contributed by atoms with Crippen molar-refractivity contribution in [2.24, 2.45) is 5.92 Å². The first-order valence-corrected chi connectivity index (χ1v) is 5.45. The molecule has 0 aliphatic carbocycles. The molecule has 4 heteroatoms. The summed E-state index contributed by atoms with van der Waals surface area (Å²) in [6, 6.07) is 0.399. The van der Waals surface area contributed by atoms with Crippen molar-refractivity contribution in [1.29, 1.82) is 0 Å². The summed E-state index contributed by atoms with van der Waals surface area (Å²) in [6.07, 6.45) is 5.58. The van der Waals surface area contributed by atoms with E-state index in [0.29, 0.717) is 11.9 Å². The van der Waals surface area contributed by atoms with Crippen molar-refractivity contribution in [3.8, 4) is 0 Å². The summed E-state index contributed by atoms with van der Waals surface area (Å²) in [6.45, 7) is 6.61. The van der Waals surface area contributed by atoms with Crippen LogP contribution in [-0.2, 0) is 0 Å². The molecular weight excluding hydrogens is 188 g/mol. The maximum atomic E-state index is 5.55. The number of nitrogens with one attached hydrogen (secondary N) is 1. The molecular formula is C11H20N4. The number of nitrogens with two attached hydrogens (primary N) is 1. The van der Waals surface area contributed by atoms with E-state index in [2.05, 4.69) is 36.1 Å². The van der Waals surface area contributed by atoms with Gasteiger partial charge in [0.15, 0.2) is 0 Å². The molecule has 1 heterocycles. The number of aromatic nitrogens is 2. The maximum absolute atomic E-state index is 5.55. The van der Waals surface area contributed by atoms with Crippen LogP contribution in [0.2, 0.25) is 0 Å². The normalized spacial score (nSPS) is 14.6. The molecule has 0 amide bonds. The predicted molar refractivity (Wildman–Crippen MR) is 63.6 cm³/mol. The molecule has 0 spiro atoms. The van der Waals surface area contributed by atoms with Crippen LogP contribution in [0.4, 0.5) is 11.6 Å². The Kier molecular flexibility index (Phi) is 4.34. The highest BCUT2D eigenvalue weighted by molar-refractivity contribution is 5.38.